The van der Waals surface area contributed by atoms with Crippen LogP contribution in [0.15, 0.2) is 65.4 Å². The number of hydrogen-bond acceptors (Lipinski definition) is 6. The molecule has 3 rings (SSSR count). The van der Waals surface area contributed by atoms with Crippen LogP contribution in [0.1, 0.15) is 12.8 Å². The van der Waals surface area contributed by atoms with Crippen molar-refractivity contribution in [2.75, 3.05) is 30.4 Å². The Morgan fingerprint density at radius 1 is 1.07 bits per heavy atom. The van der Waals surface area contributed by atoms with Gasteiger partial charge >= 0.3 is 6.03 Å². The highest BCUT2D eigenvalue weighted by atomic mass is 16.5. The monoisotopic (exact) mass is 409 g/mol. The molecule has 3 amide bonds. The predicted molar refractivity (Wildman–Crippen MR) is 115 cm³/mol. The van der Waals surface area contributed by atoms with Crippen LogP contribution in [0.3, 0.4) is 0 Å². The minimum atomic E-state index is -0.537. The average Bonchev–Trinajstić information content (AvgIpc) is 2.79. The molecule has 1 aliphatic heterocycles. The van der Waals surface area contributed by atoms with Crippen LogP contribution in [0, 0.1) is 4.91 Å². The molecule has 0 saturated carbocycles. The van der Waals surface area contributed by atoms with Crippen LogP contribution in [0.25, 0.3) is 0 Å². The number of amides is 3. The standard InChI is InChI=1S/C21H23N5O4/c1-30-19-8-4-16(5-9-19)22-21(28)24-23-20(27)14-15-10-12-26(13-11-15)18-6-2-17(25-29)3-7-18/h2-10H,11-14H2,1H3,(H,23,27)(H2,22,24,28). The van der Waals surface area contributed by atoms with Crippen molar-refractivity contribution in [1.29, 1.82) is 0 Å². The molecule has 9 nitrogen and oxygen atoms in total. The van der Waals surface area contributed by atoms with Gasteiger partial charge in [0, 0.05) is 30.9 Å². The van der Waals surface area contributed by atoms with Crippen LogP contribution in [-0.2, 0) is 4.79 Å². The second-order valence-corrected chi connectivity index (χ2v) is 6.70. The fraction of sp³-hybridized carbons (Fsp3) is 0.238. The zero-order chi connectivity index (χ0) is 21.3. The number of nitrogens with zero attached hydrogens (tertiary/aromatic N) is 2. The average molecular weight is 409 g/mol. The molecule has 9 heteroatoms. The number of nitroso groups, excluding NO2 is 1. The molecule has 0 atom stereocenters. The number of carbonyl (C=O) groups is 2. The number of hydrazine groups is 1. The zero-order valence-electron chi connectivity index (χ0n) is 16.6. The van der Waals surface area contributed by atoms with Crippen molar-refractivity contribution in [3.05, 3.63) is 65.1 Å². The quantitative estimate of drug-likeness (QED) is 0.384. The molecule has 1 heterocycles. The Hall–Kier alpha value is -3.88. The summed E-state index contributed by atoms with van der Waals surface area (Å²) >= 11 is 0. The molecular formula is C21H23N5O4. The molecule has 0 unspecified atom stereocenters. The van der Waals surface area contributed by atoms with Crippen molar-refractivity contribution in [3.8, 4) is 5.75 Å². The number of ether oxygens (including phenoxy) is 1. The van der Waals surface area contributed by atoms with Crippen LogP contribution in [0.2, 0.25) is 0 Å². The maximum atomic E-state index is 12.1. The minimum Gasteiger partial charge on any atom is -0.497 e. The molecule has 2 aromatic carbocycles. The molecule has 3 N–H and O–H groups in total. The third-order valence-electron chi connectivity index (χ3n) is 4.67. The van der Waals surface area contributed by atoms with Gasteiger partial charge in [0.1, 0.15) is 11.4 Å². The summed E-state index contributed by atoms with van der Waals surface area (Å²) in [6, 6.07) is 13.4. The molecule has 0 radical (unpaired) electrons. The van der Waals surface area contributed by atoms with E-state index >= 15 is 0 Å². The van der Waals surface area contributed by atoms with Crippen LogP contribution in [-0.4, -0.2) is 32.1 Å². The first kappa shape index (κ1) is 20.8. The summed E-state index contributed by atoms with van der Waals surface area (Å²) in [6.07, 6.45) is 2.95. The summed E-state index contributed by atoms with van der Waals surface area (Å²) in [6.45, 7) is 1.43. The van der Waals surface area contributed by atoms with Gasteiger partial charge in [-0.1, -0.05) is 11.6 Å². The summed E-state index contributed by atoms with van der Waals surface area (Å²) in [5.41, 5.74) is 7.73. The van der Waals surface area contributed by atoms with Crippen molar-refractivity contribution in [2.45, 2.75) is 12.8 Å². The first-order valence-corrected chi connectivity index (χ1v) is 9.43. The van der Waals surface area contributed by atoms with E-state index < -0.39 is 6.03 Å². The summed E-state index contributed by atoms with van der Waals surface area (Å²) in [4.78, 5) is 36.7. The number of rotatable bonds is 6. The maximum Gasteiger partial charge on any atom is 0.337 e. The Balaban J connectivity index is 1.41. The molecule has 0 aromatic heterocycles. The molecule has 30 heavy (non-hydrogen) atoms. The van der Waals surface area contributed by atoms with E-state index in [4.69, 9.17) is 4.74 Å². The number of methoxy groups -OCH3 is 1. The van der Waals surface area contributed by atoms with Crippen LogP contribution >= 0.6 is 0 Å². The van der Waals surface area contributed by atoms with Crippen LogP contribution < -0.4 is 25.8 Å². The SMILES string of the molecule is COc1ccc(NC(=O)NNC(=O)CC2=CCN(c3ccc(N=O)cc3)CC2)cc1. The van der Waals surface area contributed by atoms with E-state index in [2.05, 4.69) is 26.2 Å². The second-order valence-electron chi connectivity index (χ2n) is 6.70. The van der Waals surface area contributed by atoms with Gasteiger partial charge in [-0.3, -0.25) is 10.2 Å². The highest BCUT2D eigenvalue weighted by Crippen LogP contribution is 2.23. The highest BCUT2D eigenvalue weighted by Gasteiger charge is 2.15. The highest BCUT2D eigenvalue weighted by molar-refractivity contribution is 5.91. The number of urea groups is 1. The van der Waals surface area contributed by atoms with E-state index in [1.165, 1.54) is 0 Å². The summed E-state index contributed by atoms with van der Waals surface area (Å²) < 4.78 is 5.06. The third-order valence-corrected chi connectivity index (χ3v) is 4.67. The Kier molecular flexibility index (Phi) is 6.99. The maximum absolute atomic E-state index is 12.1. The number of benzene rings is 2. The van der Waals surface area contributed by atoms with Crippen molar-refractivity contribution in [1.82, 2.24) is 10.9 Å². The van der Waals surface area contributed by atoms with E-state index in [1.807, 2.05) is 18.2 Å². The first-order valence-electron chi connectivity index (χ1n) is 9.43. The molecule has 0 saturated heterocycles. The molecule has 0 bridgehead atoms. The number of nitrogens with one attached hydrogen (secondary N) is 3. The van der Waals surface area contributed by atoms with Gasteiger partial charge in [0.15, 0.2) is 0 Å². The van der Waals surface area contributed by atoms with E-state index in [9.17, 15) is 14.5 Å². The summed E-state index contributed by atoms with van der Waals surface area (Å²) in [5.74, 6) is 0.393. The largest absolute Gasteiger partial charge is 0.497 e. The van der Waals surface area contributed by atoms with Crippen LogP contribution in [0.5, 0.6) is 5.75 Å². The van der Waals surface area contributed by atoms with Gasteiger partial charge in [-0.15, -0.1) is 4.91 Å². The van der Waals surface area contributed by atoms with Crippen LogP contribution in [0.4, 0.5) is 21.9 Å². The number of anilines is 2. The zero-order valence-corrected chi connectivity index (χ0v) is 16.6. The normalized spacial score (nSPS) is 13.1. The minimum absolute atomic E-state index is 0.213. The van der Waals surface area contributed by atoms with Crippen molar-refractivity contribution in [2.24, 2.45) is 5.18 Å². The lowest BCUT2D eigenvalue weighted by Crippen LogP contribution is -2.44. The van der Waals surface area contributed by atoms with Crippen molar-refractivity contribution >= 4 is 29.0 Å². The molecule has 156 valence electrons. The van der Waals surface area contributed by atoms with E-state index in [0.717, 1.165) is 24.2 Å². The van der Waals surface area contributed by atoms with Crippen molar-refractivity contribution < 1.29 is 14.3 Å². The number of carbonyl (C=O) groups excluding carboxylic acids is 2. The van der Waals surface area contributed by atoms with E-state index in [-0.39, 0.29) is 12.3 Å². The second kappa shape index (κ2) is 10.1. The van der Waals surface area contributed by atoms with Gasteiger partial charge in [0.05, 0.1) is 7.11 Å². The lowest BCUT2D eigenvalue weighted by molar-refractivity contribution is -0.121. The smallest absolute Gasteiger partial charge is 0.337 e. The Bertz CT molecular complexity index is 925. The Morgan fingerprint density at radius 2 is 1.80 bits per heavy atom. The molecule has 2 aromatic rings. The van der Waals surface area contributed by atoms with Gasteiger partial charge in [-0.2, -0.15) is 0 Å². The predicted octanol–water partition coefficient (Wildman–Crippen LogP) is 3.47. The number of hydrogen-bond donors (Lipinski definition) is 3. The van der Waals surface area contributed by atoms with Gasteiger partial charge < -0.3 is 15.0 Å². The molecular weight excluding hydrogens is 386 g/mol. The van der Waals surface area contributed by atoms with Gasteiger partial charge in [0.25, 0.3) is 0 Å². The third kappa shape index (κ3) is 5.81. The van der Waals surface area contributed by atoms with Crippen molar-refractivity contribution in [3.63, 3.8) is 0 Å². The summed E-state index contributed by atoms with van der Waals surface area (Å²) in [5, 5.41) is 5.51. The van der Waals surface area contributed by atoms with E-state index in [0.29, 0.717) is 23.7 Å². The first-order chi connectivity index (χ1) is 14.6. The van der Waals surface area contributed by atoms with E-state index in [1.54, 1.807) is 43.5 Å². The topological polar surface area (TPSA) is 112 Å². The molecule has 0 fully saturated rings. The molecule has 0 aliphatic carbocycles. The Morgan fingerprint density at radius 3 is 2.40 bits per heavy atom. The lowest BCUT2D eigenvalue weighted by atomic mass is 10.0. The fourth-order valence-corrected chi connectivity index (χ4v) is 3.04. The van der Waals surface area contributed by atoms with Gasteiger partial charge in [-0.25, -0.2) is 10.2 Å². The molecule has 0 spiro atoms. The summed E-state index contributed by atoms with van der Waals surface area (Å²) in [7, 11) is 1.56. The lowest BCUT2D eigenvalue weighted by Gasteiger charge is -2.28. The molecule has 1 aliphatic rings. The fourth-order valence-electron chi connectivity index (χ4n) is 3.04. The van der Waals surface area contributed by atoms with Gasteiger partial charge in [0.2, 0.25) is 5.91 Å². The van der Waals surface area contributed by atoms with Gasteiger partial charge in [-0.05, 0) is 60.1 Å². The Labute approximate surface area is 174 Å².